The van der Waals surface area contributed by atoms with E-state index >= 15 is 0 Å². The maximum Gasteiger partial charge on any atom is 0.0354 e. The zero-order valence-electron chi connectivity index (χ0n) is 13.4. The van der Waals surface area contributed by atoms with E-state index in [-0.39, 0.29) is 0 Å². The van der Waals surface area contributed by atoms with Crippen LogP contribution in [0.5, 0.6) is 0 Å². The molecule has 2 nitrogen and oxygen atoms in total. The van der Waals surface area contributed by atoms with E-state index in [2.05, 4.69) is 81.9 Å². The largest absolute Gasteiger partial charge is 0.302 e. The van der Waals surface area contributed by atoms with E-state index in [9.17, 15) is 0 Å². The Balaban J connectivity index is 2.70. The molecule has 0 saturated carbocycles. The molecule has 0 aliphatic heterocycles. The van der Waals surface area contributed by atoms with Gasteiger partial charge in [-0.05, 0) is 53.8 Å². The van der Waals surface area contributed by atoms with Gasteiger partial charge in [0.25, 0.3) is 0 Å². The molecule has 2 heteroatoms. The van der Waals surface area contributed by atoms with E-state index in [1.165, 1.54) is 12.0 Å². The molecule has 1 aromatic rings. The molecule has 0 N–H and O–H groups in total. The van der Waals surface area contributed by atoms with E-state index in [0.29, 0.717) is 18.1 Å². The van der Waals surface area contributed by atoms with Gasteiger partial charge in [0.15, 0.2) is 0 Å². The van der Waals surface area contributed by atoms with Crippen molar-refractivity contribution in [1.82, 2.24) is 9.80 Å². The quantitative estimate of drug-likeness (QED) is 0.737. The second kappa shape index (κ2) is 7.66. The maximum atomic E-state index is 2.57. The molecule has 1 unspecified atom stereocenters. The highest BCUT2D eigenvalue weighted by atomic mass is 15.2. The van der Waals surface area contributed by atoms with E-state index in [1.807, 2.05) is 0 Å². The van der Waals surface area contributed by atoms with Crippen LogP contribution in [0, 0.1) is 0 Å². The van der Waals surface area contributed by atoms with Crippen molar-refractivity contribution < 1.29 is 0 Å². The van der Waals surface area contributed by atoms with Gasteiger partial charge in [-0.15, -0.1) is 0 Å². The first kappa shape index (κ1) is 16.2. The monoisotopic (exact) mass is 262 g/mol. The second-order valence-corrected chi connectivity index (χ2v) is 6.10. The zero-order chi connectivity index (χ0) is 14.4. The minimum atomic E-state index is 0.501. The molecule has 0 amide bonds. The molecule has 0 aromatic heterocycles. The lowest BCUT2D eigenvalue weighted by molar-refractivity contribution is 0.150. The molecule has 1 rings (SSSR count). The van der Waals surface area contributed by atoms with Gasteiger partial charge >= 0.3 is 0 Å². The van der Waals surface area contributed by atoms with Gasteiger partial charge in [-0.25, -0.2) is 0 Å². The smallest absolute Gasteiger partial charge is 0.0354 e. The van der Waals surface area contributed by atoms with Crippen molar-refractivity contribution in [3.63, 3.8) is 0 Å². The molecule has 1 atom stereocenters. The predicted molar refractivity (Wildman–Crippen MR) is 84.5 cm³/mol. The molecule has 0 saturated heterocycles. The van der Waals surface area contributed by atoms with Crippen LogP contribution < -0.4 is 0 Å². The highest BCUT2D eigenvalue weighted by molar-refractivity contribution is 5.18. The summed E-state index contributed by atoms with van der Waals surface area (Å²) >= 11 is 0. The predicted octanol–water partition coefficient (Wildman–Crippen LogP) is 3.80. The van der Waals surface area contributed by atoms with Gasteiger partial charge in [0.05, 0.1) is 0 Å². The van der Waals surface area contributed by atoms with E-state index in [4.69, 9.17) is 0 Å². The van der Waals surface area contributed by atoms with Crippen molar-refractivity contribution in [2.45, 2.75) is 52.2 Å². The van der Waals surface area contributed by atoms with Crippen LogP contribution in [0.15, 0.2) is 30.3 Å². The maximum absolute atomic E-state index is 2.57. The van der Waals surface area contributed by atoms with Gasteiger partial charge < -0.3 is 4.90 Å². The molecule has 0 spiro atoms. The number of benzene rings is 1. The fourth-order valence-corrected chi connectivity index (χ4v) is 2.78. The first-order valence-electron chi connectivity index (χ1n) is 7.40. The standard InChI is InChI=1S/C17H30N2/c1-14(2)19(15(3)4)13-12-17(18(5)6)16-10-8-7-9-11-16/h7-11,14-15,17H,12-13H2,1-6H3. The third kappa shape index (κ3) is 4.96. The molecule has 0 heterocycles. The fourth-order valence-electron chi connectivity index (χ4n) is 2.78. The fraction of sp³-hybridized carbons (Fsp3) is 0.647. The minimum absolute atomic E-state index is 0.501. The Morgan fingerprint density at radius 3 is 1.84 bits per heavy atom. The van der Waals surface area contributed by atoms with Crippen molar-refractivity contribution in [1.29, 1.82) is 0 Å². The SMILES string of the molecule is CC(C)N(CCC(c1ccccc1)N(C)C)C(C)C. The molecule has 0 bridgehead atoms. The molecular weight excluding hydrogens is 232 g/mol. The van der Waals surface area contributed by atoms with Gasteiger partial charge in [-0.2, -0.15) is 0 Å². The number of rotatable bonds is 7. The van der Waals surface area contributed by atoms with E-state index in [0.717, 1.165) is 6.54 Å². The first-order chi connectivity index (χ1) is 8.93. The van der Waals surface area contributed by atoms with E-state index in [1.54, 1.807) is 0 Å². The van der Waals surface area contributed by atoms with Crippen molar-refractivity contribution in [2.75, 3.05) is 20.6 Å². The second-order valence-electron chi connectivity index (χ2n) is 6.10. The summed E-state index contributed by atoms with van der Waals surface area (Å²) in [5.41, 5.74) is 1.42. The molecule has 108 valence electrons. The lowest BCUT2D eigenvalue weighted by atomic mass is 10.0. The van der Waals surface area contributed by atoms with Crippen molar-refractivity contribution in [2.24, 2.45) is 0 Å². The third-order valence-corrected chi connectivity index (χ3v) is 3.80. The van der Waals surface area contributed by atoms with Gasteiger partial charge in [0.2, 0.25) is 0 Å². The summed E-state index contributed by atoms with van der Waals surface area (Å²) in [6.07, 6.45) is 1.17. The van der Waals surface area contributed by atoms with Crippen molar-refractivity contribution in [3.8, 4) is 0 Å². The number of hydrogen-bond donors (Lipinski definition) is 0. The summed E-state index contributed by atoms with van der Waals surface area (Å²) < 4.78 is 0. The number of hydrogen-bond acceptors (Lipinski definition) is 2. The Morgan fingerprint density at radius 1 is 0.895 bits per heavy atom. The van der Waals surface area contributed by atoms with Crippen LogP contribution >= 0.6 is 0 Å². The summed E-state index contributed by atoms with van der Waals surface area (Å²) in [5, 5.41) is 0. The van der Waals surface area contributed by atoms with E-state index < -0.39 is 0 Å². The van der Waals surface area contributed by atoms with Crippen molar-refractivity contribution >= 4 is 0 Å². The summed E-state index contributed by atoms with van der Waals surface area (Å²) in [6.45, 7) is 10.3. The molecule has 0 fully saturated rings. The van der Waals surface area contributed by atoms with Crippen molar-refractivity contribution in [3.05, 3.63) is 35.9 Å². The van der Waals surface area contributed by atoms with Gasteiger partial charge in [0, 0.05) is 24.7 Å². The summed E-state index contributed by atoms with van der Waals surface area (Å²) in [5.74, 6) is 0. The van der Waals surface area contributed by atoms with Crippen LogP contribution in [-0.4, -0.2) is 42.5 Å². The molecule has 0 aliphatic rings. The zero-order valence-corrected chi connectivity index (χ0v) is 13.4. The highest BCUT2D eigenvalue weighted by Gasteiger charge is 2.18. The molecule has 1 aromatic carbocycles. The average molecular weight is 262 g/mol. The topological polar surface area (TPSA) is 6.48 Å². The lowest BCUT2D eigenvalue weighted by Crippen LogP contribution is -2.39. The highest BCUT2D eigenvalue weighted by Crippen LogP contribution is 2.22. The summed E-state index contributed by atoms with van der Waals surface area (Å²) in [4.78, 5) is 4.90. The van der Waals surface area contributed by atoms with Gasteiger partial charge in [-0.3, -0.25) is 4.90 Å². The normalized spacial score (nSPS) is 13.8. The Hall–Kier alpha value is -0.860. The summed E-state index contributed by atoms with van der Waals surface area (Å²) in [6, 6.07) is 12.5. The lowest BCUT2D eigenvalue weighted by Gasteiger charge is -2.33. The van der Waals surface area contributed by atoms with Crippen LogP contribution in [0.25, 0.3) is 0 Å². The van der Waals surface area contributed by atoms with Gasteiger partial charge in [-0.1, -0.05) is 30.3 Å². The molecule has 0 aliphatic carbocycles. The molecular formula is C17H30N2. The first-order valence-corrected chi connectivity index (χ1v) is 7.40. The third-order valence-electron chi connectivity index (χ3n) is 3.80. The Kier molecular flexibility index (Phi) is 6.53. The van der Waals surface area contributed by atoms with Gasteiger partial charge in [0.1, 0.15) is 0 Å². The summed E-state index contributed by atoms with van der Waals surface area (Å²) in [7, 11) is 4.35. The molecule has 19 heavy (non-hydrogen) atoms. The van der Waals surface area contributed by atoms with Crippen LogP contribution in [0.3, 0.4) is 0 Å². The number of nitrogens with zero attached hydrogens (tertiary/aromatic N) is 2. The van der Waals surface area contributed by atoms with Crippen LogP contribution in [0.2, 0.25) is 0 Å². The van der Waals surface area contributed by atoms with Crippen LogP contribution in [-0.2, 0) is 0 Å². The van der Waals surface area contributed by atoms with Crippen LogP contribution in [0.1, 0.15) is 45.7 Å². The Bertz CT molecular complexity index is 336. The van der Waals surface area contributed by atoms with Crippen LogP contribution in [0.4, 0.5) is 0 Å². The molecule has 0 radical (unpaired) electrons. The Morgan fingerprint density at radius 2 is 1.42 bits per heavy atom. The minimum Gasteiger partial charge on any atom is -0.302 e. The Labute approximate surface area is 119 Å². The average Bonchev–Trinajstić information content (AvgIpc) is 2.34.